The number of rotatable bonds is 8. The van der Waals surface area contributed by atoms with Crippen LogP contribution in [0.25, 0.3) is 0 Å². The van der Waals surface area contributed by atoms with E-state index in [9.17, 15) is 24.0 Å². The van der Waals surface area contributed by atoms with E-state index in [0.717, 1.165) is 9.13 Å². The van der Waals surface area contributed by atoms with E-state index in [1.807, 2.05) is 6.92 Å². The largest absolute Gasteiger partial charge is 0.494 e. The first kappa shape index (κ1) is 22.4. The molecule has 0 aliphatic rings. The molecule has 2 aromatic rings. The summed E-state index contributed by atoms with van der Waals surface area (Å²) in [6.45, 7) is 1.07. The molecule has 2 rings (SSSR count). The summed E-state index contributed by atoms with van der Waals surface area (Å²) < 4.78 is 11.7. The van der Waals surface area contributed by atoms with Crippen molar-refractivity contribution in [1.29, 1.82) is 0 Å². The Morgan fingerprint density at radius 1 is 1.07 bits per heavy atom. The van der Waals surface area contributed by atoms with Crippen LogP contribution >= 0.6 is 0 Å². The van der Waals surface area contributed by atoms with Crippen molar-refractivity contribution in [1.82, 2.24) is 14.5 Å². The van der Waals surface area contributed by atoms with Crippen LogP contribution < -0.4 is 27.0 Å². The summed E-state index contributed by atoms with van der Waals surface area (Å²) in [5.74, 6) is -1.99. The fourth-order valence-corrected chi connectivity index (χ4v) is 2.51. The molecule has 11 heteroatoms. The maximum absolute atomic E-state index is 12.3. The smallest absolute Gasteiger partial charge is 0.332 e. The number of nitrogens with two attached hydrogens (primary N) is 1. The van der Waals surface area contributed by atoms with Gasteiger partial charge in [-0.3, -0.25) is 28.3 Å². The van der Waals surface area contributed by atoms with Crippen LogP contribution in [-0.2, 0) is 23.6 Å². The number of hydrogen-bond acceptors (Lipinski definition) is 8. The van der Waals surface area contributed by atoms with Crippen molar-refractivity contribution in [3.8, 4) is 5.75 Å². The van der Waals surface area contributed by atoms with E-state index in [4.69, 9.17) is 15.2 Å². The number of nitrogens with zero attached hydrogens (tertiary/aromatic N) is 2. The lowest BCUT2D eigenvalue weighted by atomic mass is 10.2. The highest BCUT2D eigenvalue weighted by atomic mass is 16.5. The minimum absolute atomic E-state index is 0.309. The predicted molar refractivity (Wildman–Crippen MR) is 107 cm³/mol. The van der Waals surface area contributed by atoms with Gasteiger partial charge in [0, 0.05) is 19.7 Å². The lowest BCUT2D eigenvalue weighted by Crippen LogP contribution is -2.42. The summed E-state index contributed by atoms with van der Waals surface area (Å²) in [6.07, 6.45) is 0. The average molecular weight is 418 g/mol. The quantitative estimate of drug-likeness (QED) is 0.418. The second-order valence-electron chi connectivity index (χ2n) is 6.19. The van der Waals surface area contributed by atoms with Crippen LogP contribution in [0.3, 0.4) is 0 Å². The van der Waals surface area contributed by atoms with Gasteiger partial charge in [0.2, 0.25) is 5.78 Å². The Labute approximate surface area is 171 Å². The second kappa shape index (κ2) is 9.54. The Kier molecular flexibility index (Phi) is 7.13. The Balaban J connectivity index is 1.94. The lowest BCUT2D eigenvalue weighted by molar-refractivity contribution is -0.141. The molecule has 1 aromatic heterocycles. The van der Waals surface area contributed by atoms with Crippen LogP contribution in [0, 0.1) is 0 Å². The normalized spacial score (nSPS) is 10.4. The molecule has 0 unspecified atom stereocenters. The van der Waals surface area contributed by atoms with Gasteiger partial charge >= 0.3 is 11.7 Å². The molecule has 1 aromatic carbocycles. The molecule has 0 aliphatic carbocycles. The molecule has 0 fully saturated rings. The number of anilines is 1. The zero-order valence-electron chi connectivity index (χ0n) is 16.8. The number of esters is 1. The second-order valence-corrected chi connectivity index (χ2v) is 6.19. The summed E-state index contributed by atoms with van der Waals surface area (Å²) in [7, 11) is 2.50. The summed E-state index contributed by atoms with van der Waals surface area (Å²) in [5.41, 5.74) is 3.95. The highest BCUT2D eigenvalue weighted by molar-refractivity contribution is 6.01. The summed E-state index contributed by atoms with van der Waals surface area (Å²) in [4.78, 5) is 60.1. The molecule has 3 N–H and O–H groups in total. The van der Waals surface area contributed by atoms with Gasteiger partial charge in [0.15, 0.2) is 6.61 Å². The monoisotopic (exact) mass is 418 g/mol. The molecule has 0 radical (unpaired) electrons. The van der Waals surface area contributed by atoms with Gasteiger partial charge < -0.3 is 20.5 Å². The van der Waals surface area contributed by atoms with Gasteiger partial charge in [0.05, 0.1) is 6.61 Å². The molecular formula is C19H22N4O7. The van der Waals surface area contributed by atoms with Crippen LogP contribution in [0.2, 0.25) is 0 Å². The van der Waals surface area contributed by atoms with E-state index in [0.29, 0.717) is 17.9 Å². The van der Waals surface area contributed by atoms with E-state index in [2.05, 4.69) is 5.32 Å². The number of carbonyl (C=O) groups is 3. The van der Waals surface area contributed by atoms with Crippen molar-refractivity contribution < 1.29 is 23.9 Å². The fourth-order valence-electron chi connectivity index (χ4n) is 2.51. The highest BCUT2D eigenvalue weighted by Crippen LogP contribution is 2.11. The first-order valence-electron chi connectivity index (χ1n) is 8.92. The van der Waals surface area contributed by atoms with Crippen molar-refractivity contribution in [2.24, 2.45) is 14.1 Å². The Hall–Kier alpha value is -3.89. The fraction of sp³-hybridized carbons (Fsp3) is 0.316. The number of hydrogen-bond donors (Lipinski definition) is 2. The third-order valence-corrected chi connectivity index (χ3v) is 4.17. The summed E-state index contributed by atoms with van der Waals surface area (Å²) in [5, 5.41) is 2.36. The molecular weight excluding hydrogens is 396 g/mol. The van der Waals surface area contributed by atoms with Gasteiger partial charge in [0.1, 0.15) is 23.7 Å². The lowest BCUT2D eigenvalue weighted by Gasteiger charge is -2.11. The highest BCUT2D eigenvalue weighted by Gasteiger charge is 2.21. The van der Waals surface area contributed by atoms with Crippen molar-refractivity contribution in [3.05, 3.63) is 56.2 Å². The standard InChI is InChI=1S/C19H22N4O7/c1-4-29-12-7-5-11(6-8-12)17(26)21-9-14(25)30-10-13(24)15-16(20)22(2)19(28)23(3)18(15)27/h5-8H,4,9-10,20H2,1-3H3,(H,21,26). The zero-order chi connectivity index (χ0) is 22.4. The number of ketones is 1. The van der Waals surface area contributed by atoms with Crippen molar-refractivity contribution in [3.63, 3.8) is 0 Å². The van der Waals surface area contributed by atoms with E-state index in [-0.39, 0.29) is 5.82 Å². The molecule has 0 spiro atoms. The van der Waals surface area contributed by atoms with Gasteiger partial charge in [0.25, 0.3) is 11.5 Å². The number of benzene rings is 1. The molecule has 0 saturated carbocycles. The molecule has 0 atom stereocenters. The van der Waals surface area contributed by atoms with Crippen LogP contribution in [0.5, 0.6) is 5.75 Å². The number of ether oxygens (including phenoxy) is 2. The van der Waals surface area contributed by atoms with Gasteiger partial charge in [-0.15, -0.1) is 0 Å². The van der Waals surface area contributed by atoms with Gasteiger partial charge in [-0.2, -0.15) is 0 Å². The first-order valence-corrected chi connectivity index (χ1v) is 8.92. The zero-order valence-corrected chi connectivity index (χ0v) is 16.8. The molecule has 0 bridgehead atoms. The topological polar surface area (TPSA) is 152 Å². The van der Waals surface area contributed by atoms with Crippen LogP contribution in [0.4, 0.5) is 5.82 Å². The Bertz CT molecular complexity index is 1080. The van der Waals surface area contributed by atoms with E-state index < -0.39 is 47.6 Å². The average Bonchev–Trinajstić information content (AvgIpc) is 2.74. The third-order valence-electron chi connectivity index (χ3n) is 4.17. The maximum atomic E-state index is 12.3. The summed E-state index contributed by atoms with van der Waals surface area (Å²) in [6, 6.07) is 6.31. The Morgan fingerprint density at radius 3 is 2.30 bits per heavy atom. The molecule has 30 heavy (non-hydrogen) atoms. The molecule has 1 heterocycles. The van der Waals surface area contributed by atoms with Crippen LogP contribution in [-0.4, -0.2) is 46.6 Å². The van der Waals surface area contributed by atoms with Gasteiger partial charge in [-0.05, 0) is 31.2 Å². The molecule has 160 valence electrons. The van der Waals surface area contributed by atoms with Crippen LogP contribution in [0.1, 0.15) is 27.6 Å². The minimum atomic E-state index is -0.888. The SMILES string of the molecule is CCOc1ccc(C(=O)NCC(=O)OCC(=O)c2c(N)n(C)c(=O)n(C)c2=O)cc1. The number of nitrogen functional groups attached to an aromatic ring is 1. The number of amides is 1. The molecule has 1 amide bonds. The van der Waals surface area contributed by atoms with Gasteiger partial charge in [-0.25, -0.2) is 4.79 Å². The maximum Gasteiger partial charge on any atom is 0.332 e. The first-order chi connectivity index (χ1) is 14.2. The number of Topliss-reactive ketones (excluding diaryl/α,β-unsaturated/α-hetero) is 1. The molecule has 0 saturated heterocycles. The van der Waals surface area contributed by atoms with E-state index in [1.54, 1.807) is 12.1 Å². The molecule has 11 nitrogen and oxygen atoms in total. The predicted octanol–water partition coefficient (Wildman–Crippen LogP) is -0.779. The van der Waals surface area contributed by atoms with Crippen LogP contribution in [0.15, 0.2) is 33.9 Å². The number of nitrogens with one attached hydrogen (secondary N) is 1. The van der Waals surface area contributed by atoms with E-state index in [1.165, 1.54) is 26.2 Å². The minimum Gasteiger partial charge on any atom is -0.494 e. The summed E-state index contributed by atoms with van der Waals surface area (Å²) >= 11 is 0. The number of aromatic nitrogens is 2. The van der Waals surface area contributed by atoms with Crippen molar-refractivity contribution >= 4 is 23.5 Å². The van der Waals surface area contributed by atoms with E-state index >= 15 is 0 Å². The third kappa shape index (κ3) is 4.93. The number of carbonyl (C=O) groups excluding carboxylic acids is 3. The van der Waals surface area contributed by atoms with Crippen molar-refractivity contribution in [2.75, 3.05) is 25.5 Å². The molecule has 0 aliphatic heterocycles. The van der Waals surface area contributed by atoms with Gasteiger partial charge in [-0.1, -0.05) is 0 Å². The Morgan fingerprint density at radius 2 is 1.70 bits per heavy atom. The van der Waals surface area contributed by atoms with Crippen molar-refractivity contribution in [2.45, 2.75) is 6.92 Å².